The topological polar surface area (TPSA) is 23.6 Å². The fourth-order valence-corrected chi connectivity index (χ4v) is 4.34. The van der Waals surface area contributed by atoms with Gasteiger partial charge in [-0.3, -0.25) is 9.69 Å². The Morgan fingerprint density at radius 3 is 2.78 bits per heavy atom. The van der Waals surface area contributed by atoms with Crippen molar-refractivity contribution < 1.29 is 9.18 Å². The zero-order valence-electron chi connectivity index (χ0n) is 13.0. The number of halogens is 1. The second-order valence-corrected chi connectivity index (χ2v) is 7.45. The van der Waals surface area contributed by atoms with Gasteiger partial charge in [-0.25, -0.2) is 4.39 Å². The van der Waals surface area contributed by atoms with E-state index in [9.17, 15) is 9.18 Å². The third-order valence-electron chi connectivity index (χ3n) is 4.31. The summed E-state index contributed by atoms with van der Waals surface area (Å²) in [6.07, 6.45) is 6.63. The van der Waals surface area contributed by atoms with Gasteiger partial charge in [0.2, 0.25) is 0 Å². The number of hydrogen-bond donors (Lipinski definition) is 0. The van der Waals surface area contributed by atoms with Crippen LogP contribution >= 0.6 is 24.0 Å². The number of anilines is 1. The van der Waals surface area contributed by atoms with Crippen LogP contribution in [0.2, 0.25) is 0 Å². The molecule has 6 heteroatoms. The van der Waals surface area contributed by atoms with Gasteiger partial charge in [-0.15, -0.1) is 0 Å². The summed E-state index contributed by atoms with van der Waals surface area (Å²) in [5.41, 5.74) is 0.614. The van der Waals surface area contributed by atoms with Gasteiger partial charge in [0.1, 0.15) is 5.82 Å². The highest BCUT2D eigenvalue weighted by Crippen LogP contribution is 2.36. The Hall–Kier alpha value is -1.40. The maximum Gasteiger partial charge on any atom is 0.272 e. The number of nitrogens with zero attached hydrogens (tertiary/aromatic N) is 2. The van der Waals surface area contributed by atoms with Crippen molar-refractivity contribution in [3.05, 3.63) is 41.2 Å². The molecule has 0 aromatic heterocycles. The molecular weight excluding hydrogens is 331 g/mol. The lowest BCUT2D eigenvalue weighted by Gasteiger charge is -2.34. The molecule has 1 atom stereocenters. The van der Waals surface area contributed by atoms with Crippen LogP contribution < -0.4 is 4.90 Å². The van der Waals surface area contributed by atoms with Crippen molar-refractivity contribution in [2.75, 3.05) is 11.4 Å². The van der Waals surface area contributed by atoms with E-state index in [1.54, 1.807) is 12.1 Å². The molecule has 0 aliphatic carbocycles. The highest BCUT2D eigenvalue weighted by Gasteiger charge is 2.34. The van der Waals surface area contributed by atoms with Gasteiger partial charge >= 0.3 is 0 Å². The maximum atomic E-state index is 13.1. The lowest BCUT2D eigenvalue weighted by Crippen LogP contribution is -2.35. The van der Waals surface area contributed by atoms with Crippen molar-refractivity contribution in [2.45, 2.75) is 38.6 Å². The number of carbonyl (C=O) groups excluding carboxylic acids is 1. The smallest absolute Gasteiger partial charge is 0.272 e. The minimum absolute atomic E-state index is 0.118. The van der Waals surface area contributed by atoms with Crippen molar-refractivity contribution in [1.82, 2.24) is 4.90 Å². The second kappa shape index (κ2) is 7.01. The fourth-order valence-electron chi connectivity index (χ4n) is 3.05. The number of benzene rings is 1. The van der Waals surface area contributed by atoms with E-state index in [2.05, 4.69) is 11.8 Å². The molecule has 23 heavy (non-hydrogen) atoms. The number of amides is 1. The van der Waals surface area contributed by atoms with Crippen LogP contribution in [0.4, 0.5) is 10.1 Å². The molecule has 0 unspecified atom stereocenters. The summed E-state index contributed by atoms with van der Waals surface area (Å²) in [6.45, 7) is 3.17. The minimum atomic E-state index is -0.325. The normalized spacial score (nSPS) is 23.9. The first kappa shape index (κ1) is 16.5. The lowest BCUT2D eigenvalue weighted by molar-refractivity contribution is -0.113. The molecule has 1 aromatic rings. The van der Waals surface area contributed by atoms with Gasteiger partial charge in [-0.1, -0.05) is 30.9 Å². The number of rotatable bonds is 3. The first-order valence-corrected chi connectivity index (χ1v) is 9.12. The van der Waals surface area contributed by atoms with Crippen molar-refractivity contribution in [2.24, 2.45) is 0 Å². The molecule has 1 amide bonds. The van der Waals surface area contributed by atoms with Crippen molar-refractivity contribution in [3.63, 3.8) is 0 Å². The standard InChI is InChI=1S/C17H19FN2OS2/c1-2-13-5-3-4-10-19(13)11-15-16(21)20(17(22)23-15)14-8-6-12(18)7-9-14/h6-9,11,13H,2-5,10H2,1H3/t13-/m0/s1. The van der Waals surface area contributed by atoms with Gasteiger partial charge in [0.15, 0.2) is 4.32 Å². The summed E-state index contributed by atoms with van der Waals surface area (Å²) in [5.74, 6) is -0.444. The molecule has 0 spiro atoms. The van der Waals surface area contributed by atoms with E-state index in [0.717, 1.165) is 19.4 Å². The number of hydrogen-bond acceptors (Lipinski definition) is 4. The van der Waals surface area contributed by atoms with Crippen LogP contribution in [-0.4, -0.2) is 27.7 Å². The molecule has 2 saturated heterocycles. The minimum Gasteiger partial charge on any atom is -0.373 e. The predicted octanol–water partition coefficient (Wildman–Crippen LogP) is 4.30. The van der Waals surface area contributed by atoms with E-state index >= 15 is 0 Å². The van der Waals surface area contributed by atoms with E-state index in [1.807, 2.05) is 6.20 Å². The van der Waals surface area contributed by atoms with Crippen molar-refractivity contribution >= 4 is 39.9 Å². The van der Waals surface area contributed by atoms with Gasteiger partial charge in [0.05, 0.1) is 10.6 Å². The molecule has 0 radical (unpaired) electrons. The number of carbonyl (C=O) groups is 1. The number of piperidine rings is 1. The van der Waals surface area contributed by atoms with E-state index < -0.39 is 0 Å². The Morgan fingerprint density at radius 2 is 2.09 bits per heavy atom. The van der Waals surface area contributed by atoms with Crippen molar-refractivity contribution in [3.8, 4) is 0 Å². The summed E-state index contributed by atoms with van der Waals surface area (Å²) in [4.78, 5) is 17.1. The van der Waals surface area contributed by atoms with Crippen LogP contribution in [0, 0.1) is 5.82 Å². The van der Waals surface area contributed by atoms with Crippen LogP contribution in [0.5, 0.6) is 0 Å². The molecule has 2 aliphatic heterocycles. The molecule has 0 saturated carbocycles. The average Bonchev–Trinajstić information content (AvgIpc) is 2.83. The SMILES string of the molecule is CC[C@H]1CCCCN1C=C1SC(=S)N(c2ccc(F)cc2)C1=O. The molecule has 3 rings (SSSR count). The summed E-state index contributed by atoms with van der Waals surface area (Å²) >= 11 is 6.67. The second-order valence-electron chi connectivity index (χ2n) is 5.77. The largest absolute Gasteiger partial charge is 0.373 e. The van der Waals surface area contributed by atoms with Crippen LogP contribution in [0.1, 0.15) is 32.6 Å². The zero-order chi connectivity index (χ0) is 16.4. The molecule has 2 heterocycles. The maximum absolute atomic E-state index is 13.1. The Labute approximate surface area is 145 Å². The average molecular weight is 350 g/mol. The number of thioether (sulfide) groups is 1. The third-order valence-corrected chi connectivity index (χ3v) is 5.60. The molecule has 0 N–H and O–H groups in total. The predicted molar refractivity (Wildman–Crippen MR) is 96.8 cm³/mol. The van der Waals surface area contributed by atoms with Gasteiger partial charge in [0.25, 0.3) is 5.91 Å². The quantitative estimate of drug-likeness (QED) is 0.599. The van der Waals surface area contributed by atoms with Gasteiger partial charge in [-0.05, 0) is 49.9 Å². The Balaban J connectivity index is 1.83. The molecular formula is C17H19FN2OS2. The molecule has 122 valence electrons. The fraction of sp³-hybridized carbons (Fsp3) is 0.412. The summed E-state index contributed by atoms with van der Waals surface area (Å²) in [6, 6.07) is 6.35. The molecule has 2 fully saturated rings. The highest BCUT2D eigenvalue weighted by atomic mass is 32.2. The Bertz CT molecular complexity index is 644. The lowest BCUT2D eigenvalue weighted by atomic mass is 10.0. The van der Waals surface area contributed by atoms with E-state index in [-0.39, 0.29) is 11.7 Å². The first-order valence-electron chi connectivity index (χ1n) is 7.89. The van der Waals surface area contributed by atoms with Gasteiger partial charge < -0.3 is 4.90 Å². The van der Waals surface area contributed by atoms with Crippen molar-refractivity contribution in [1.29, 1.82) is 0 Å². The first-order chi connectivity index (χ1) is 11.1. The van der Waals surface area contributed by atoms with Crippen LogP contribution in [0.3, 0.4) is 0 Å². The van der Waals surface area contributed by atoms with E-state index in [0.29, 0.717) is 21.0 Å². The highest BCUT2D eigenvalue weighted by molar-refractivity contribution is 8.27. The van der Waals surface area contributed by atoms with E-state index in [1.165, 1.54) is 41.6 Å². The summed E-state index contributed by atoms with van der Waals surface area (Å²) in [5, 5.41) is 0. The van der Waals surface area contributed by atoms with Gasteiger partial charge in [-0.2, -0.15) is 0 Å². The molecule has 2 aliphatic rings. The Kier molecular flexibility index (Phi) is 5.02. The monoisotopic (exact) mass is 350 g/mol. The zero-order valence-corrected chi connectivity index (χ0v) is 14.6. The molecule has 0 bridgehead atoms. The summed E-state index contributed by atoms with van der Waals surface area (Å²) in [7, 11) is 0. The Morgan fingerprint density at radius 1 is 1.35 bits per heavy atom. The summed E-state index contributed by atoms with van der Waals surface area (Å²) < 4.78 is 13.6. The number of likely N-dealkylation sites (tertiary alicyclic amines) is 1. The van der Waals surface area contributed by atoms with E-state index in [4.69, 9.17) is 12.2 Å². The number of thiocarbonyl (C=S) groups is 1. The van der Waals surface area contributed by atoms with Crippen LogP contribution in [0.25, 0.3) is 0 Å². The van der Waals surface area contributed by atoms with Crippen LogP contribution in [0.15, 0.2) is 35.4 Å². The van der Waals surface area contributed by atoms with Crippen LogP contribution in [-0.2, 0) is 4.79 Å². The van der Waals surface area contributed by atoms with Gasteiger partial charge in [0, 0.05) is 18.8 Å². The third kappa shape index (κ3) is 3.43. The molecule has 3 nitrogen and oxygen atoms in total. The molecule has 1 aromatic carbocycles.